The molecule has 2 fully saturated rings. The number of amides is 1. The number of aliphatic hydroxyl groups is 2. The Hall–Kier alpha value is -1.80. The van der Waals surface area contributed by atoms with E-state index in [1.807, 2.05) is 18.2 Å². The Balaban J connectivity index is 1.52. The molecule has 1 aromatic heterocycles. The van der Waals surface area contributed by atoms with Crippen LogP contribution in [-0.4, -0.2) is 63.9 Å². The number of hydrogen-bond donors (Lipinski definition) is 3. The number of hydrogen-bond acceptors (Lipinski definition) is 6. The lowest BCUT2D eigenvalue weighted by molar-refractivity contribution is 0.00482. The van der Waals surface area contributed by atoms with Gasteiger partial charge in [-0.25, -0.2) is 0 Å². The highest BCUT2D eigenvalue weighted by molar-refractivity contribution is 7.11. The number of piperidine rings is 1. The van der Waals surface area contributed by atoms with Crippen molar-refractivity contribution in [2.75, 3.05) is 19.6 Å². The minimum Gasteiger partial charge on any atom is -0.393 e. The fraction of sp³-hybridized carbons (Fsp3) is 0.565. The molecule has 1 saturated heterocycles. The number of likely N-dealkylation sites (tertiary alicyclic amines) is 1. The smallest absolute Gasteiger partial charge is 0.263 e. The predicted molar refractivity (Wildman–Crippen MR) is 118 cm³/mol. The molecule has 0 unspecified atom stereocenters. The molecule has 162 valence electrons. The third-order valence-electron chi connectivity index (χ3n) is 6.88. The molecule has 7 heteroatoms. The average molecular weight is 430 g/mol. The van der Waals surface area contributed by atoms with Gasteiger partial charge in [-0.05, 0) is 44.1 Å². The van der Waals surface area contributed by atoms with Crippen molar-refractivity contribution >= 4 is 17.2 Å². The number of thiazole rings is 1. The van der Waals surface area contributed by atoms with Crippen LogP contribution in [0.5, 0.6) is 0 Å². The molecule has 1 amide bonds. The van der Waals surface area contributed by atoms with E-state index in [4.69, 9.17) is 0 Å². The van der Waals surface area contributed by atoms with Gasteiger partial charge in [0, 0.05) is 31.1 Å². The van der Waals surface area contributed by atoms with Crippen molar-refractivity contribution in [3.05, 3.63) is 52.5 Å². The van der Waals surface area contributed by atoms with Crippen LogP contribution in [0.15, 0.2) is 42.0 Å². The molecule has 30 heavy (non-hydrogen) atoms. The monoisotopic (exact) mass is 429 g/mol. The van der Waals surface area contributed by atoms with Crippen molar-refractivity contribution in [1.82, 2.24) is 15.2 Å². The first kappa shape index (κ1) is 21.4. The number of carbonyl (C=O) groups is 1. The maximum Gasteiger partial charge on any atom is 0.263 e. The lowest BCUT2D eigenvalue weighted by Crippen LogP contribution is -2.48. The summed E-state index contributed by atoms with van der Waals surface area (Å²) in [6, 6.07) is 10.5. The number of rotatable bonds is 5. The fourth-order valence-electron chi connectivity index (χ4n) is 5.03. The molecule has 1 saturated carbocycles. The summed E-state index contributed by atoms with van der Waals surface area (Å²) in [4.78, 5) is 19.6. The van der Waals surface area contributed by atoms with Gasteiger partial charge < -0.3 is 15.5 Å². The number of aromatic nitrogens is 1. The molecule has 0 bridgehead atoms. The second kappa shape index (κ2) is 9.56. The third-order valence-corrected chi connectivity index (χ3v) is 7.65. The summed E-state index contributed by atoms with van der Waals surface area (Å²) in [5, 5.41) is 24.0. The van der Waals surface area contributed by atoms with Gasteiger partial charge in [-0.2, -0.15) is 0 Å². The van der Waals surface area contributed by atoms with Gasteiger partial charge in [0.15, 0.2) is 0 Å². The van der Waals surface area contributed by atoms with Crippen molar-refractivity contribution in [1.29, 1.82) is 0 Å². The summed E-state index contributed by atoms with van der Waals surface area (Å²) in [6.07, 6.45) is 5.87. The largest absolute Gasteiger partial charge is 0.393 e. The first-order valence-corrected chi connectivity index (χ1v) is 11.8. The molecule has 0 spiro atoms. The Morgan fingerprint density at radius 1 is 1.13 bits per heavy atom. The lowest BCUT2D eigenvalue weighted by atomic mass is 9.74. The summed E-state index contributed by atoms with van der Waals surface area (Å²) >= 11 is 1.35. The summed E-state index contributed by atoms with van der Waals surface area (Å²) < 4.78 is 0. The molecule has 4 rings (SSSR count). The maximum absolute atomic E-state index is 12.6. The Bertz CT molecular complexity index is 808. The van der Waals surface area contributed by atoms with E-state index in [0.717, 1.165) is 45.2 Å². The Kier molecular flexibility index (Phi) is 6.83. The van der Waals surface area contributed by atoms with Crippen LogP contribution < -0.4 is 5.32 Å². The molecule has 1 aromatic carbocycles. The second-order valence-corrected chi connectivity index (χ2v) is 9.56. The number of aliphatic hydroxyl groups excluding tert-OH is 2. The summed E-state index contributed by atoms with van der Waals surface area (Å²) in [5.74, 6) is -0.0841. The van der Waals surface area contributed by atoms with E-state index in [9.17, 15) is 15.0 Å². The molecule has 2 aromatic rings. The van der Waals surface area contributed by atoms with E-state index in [1.54, 1.807) is 11.7 Å². The zero-order valence-corrected chi connectivity index (χ0v) is 18.1. The molecular weight excluding hydrogens is 398 g/mol. The zero-order valence-electron chi connectivity index (χ0n) is 17.2. The summed E-state index contributed by atoms with van der Waals surface area (Å²) in [5.41, 5.74) is 2.69. The molecule has 6 nitrogen and oxygen atoms in total. The average Bonchev–Trinajstić information content (AvgIpc) is 3.26. The van der Waals surface area contributed by atoms with E-state index < -0.39 is 0 Å². The highest BCUT2D eigenvalue weighted by Gasteiger charge is 2.40. The van der Waals surface area contributed by atoms with E-state index in [-0.39, 0.29) is 29.6 Å². The molecule has 3 N–H and O–H groups in total. The summed E-state index contributed by atoms with van der Waals surface area (Å²) in [7, 11) is 0. The highest BCUT2D eigenvalue weighted by atomic mass is 32.1. The van der Waals surface area contributed by atoms with Gasteiger partial charge in [0.2, 0.25) is 0 Å². The van der Waals surface area contributed by atoms with Crippen LogP contribution in [0.3, 0.4) is 0 Å². The quantitative estimate of drug-likeness (QED) is 0.636. The molecule has 1 aliphatic carbocycles. The third kappa shape index (κ3) is 4.75. The maximum atomic E-state index is 12.6. The van der Waals surface area contributed by atoms with Crippen LogP contribution in [0.4, 0.5) is 0 Å². The molecule has 2 aliphatic rings. The first-order chi connectivity index (χ1) is 14.6. The minimum absolute atomic E-state index is 0.0841. The van der Waals surface area contributed by atoms with Gasteiger partial charge in [0.1, 0.15) is 4.88 Å². The fourth-order valence-corrected chi connectivity index (χ4v) is 5.56. The van der Waals surface area contributed by atoms with E-state index in [2.05, 4.69) is 27.3 Å². The Morgan fingerprint density at radius 3 is 2.57 bits per heavy atom. The van der Waals surface area contributed by atoms with Gasteiger partial charge >= 0.3 is 0 Å². The van der Waals surface area contributed by atoms with Gasteiger partial charge in [0.05, 0.1) is 23.9 Å². The predicted octanol–water partition coefficient (Wildman–Crippen LogP) is 2.57. The SMILES string of the molecule is O=C(NC[C@@]1(c2ccccc2)CC[C@H](O)[C@@H](N2CCC(O)CC2)CC1)c1cncs1. The number of nitrogens with one attached hydrogen (secondary N) is 1. The van der Waals surface area contributed by atoms with Crippen LogP contribution >= 0.6 is 11.3 Å². The highest BCUT2D eigenvalue weighted by Crippen LogP contribution is 2.39. The van der Waals surface area contributed by atoms with Crippen LogP contribution in [-0.2, 0) is 5.41 Å². The zero-order chi connectivity index (χ0) is 21.0. The molecule has 2 heterocycles. The Morgan fingerprint density at radius 2 is 1.87 bits per heavy atom. The molecule has 0 radical (unpaired) electrons. The van der Waals surface area contributed by atoms with Gasteiger partial charge in [0.25, 0.3) is 5.91 Å². The second-order valence-electron chi connectivity index (χ2n) is 8.67. The normalized spacial score (nSPS) is 28.7. The van der Waals surface area contributed by atoms with Crippen molar-refractivity contribution in [3.8, 4) is 0 Å². The van der Waals surface area contributed by atoms with Crippen molar-refractivity contribution in [2.45, 2.75) is 62.2 Å². The van der Waals surface area contributed by atoms with E-state index in [0.29, 0.717) is 17.8 Å². The van der Waals surface area contributed by atoms with E-state index in [1.165, 1.54) is 16.9 Å². The van der Waals surface area contributed by atoms with Gasteiger partial charge in [-0.1, -0.05) is 30.3 Å². The van der Waals surface area contributed by atoms with Crippen molar-refractivity contribution in [2.24, 2.45) is 0 Å². The van der Waals surface area contributed by atoms with Crippen molar-refractivity contribution < 1.29 is 15.0 Å². The minimum atomic E-state index is -0.386. The number of nitrogens with zero attached hydrogens (tertiary/aromatic N) is 2. The topological polar surface area (TPSA) is 85.7 Å². The van der Waals surface area contributed by atoms with Crippen LogP contribution in [0, 0.1) is 0 Å². The molecule has 1 aliphatic heterocycles. The summed E-state index contributed by atoms with van der Waals surface area (Å²) in [6.45, 7) is 2.22. The van der Waals surface area contributed by atoms with Gasteiger partial charge in [-0.3, -0.25) is 14.7 Å². The molecular formula is C23H31N3O3S. The first-order valence-electron chi connectivity index (χ1n) is 10.9. The van der Waals surface area contributed by atoms with Crippen molar-refractivity contribution in [3.63, 3.8) is 0 Å². The van der Waals surface area contributed by atoms with Crippen LogP contribution in [0.1, 0.15) is 53.8 Å². The lowest BCUT2D eigenvalue weighted by Gasteiger charge is -2.38. The van der Waals surface area contributed by atoms with Gasteiger partial charge in [-0.15, -0.1) is 11.3 Å². The Labute approximate surface area is 182 Å². The standard InChI is InChI=1S/C23H31N3O3S/c27-18-8-12-26(13-9-18)19-6-10-23(11-7-20(19)28,17-4-2-1-3-5-17)15-25-22(29)21-14-24-16-30-21/h1-5,14,16,18-20,27-28H,6-13,15H2,(H,25,29)/t19-,20-,23-/m0/s1. The number of benzene rings is 1. The molecule has 3 atom stereocenters. The van der Waals surface area contributed by atoms with E-state index >= 15 is 0 Å². The van der Waals surface area contributed by atoms with Crippen LogP contribution in [0.25, 0.3) is 0 Å². The number of carbonyl (C=O) groups excluding carboxylic acids is 1. The van der Waals surface area contributed by atoms with Crippen LogP contribution in [0.2, 0.25) is 0 Å².